The number of nitrogens with one attached hydrogen (secondary N) is 2. The molecule has 3 heterocycles. The van der Waals surface area contributed by atoms with Crippen molar-refractivity contribution in [2.24, 2.45) is 0 Å². The van der Waals surface area contributed by atoms with E-state index in [0.29, 0.717) is 19.6 Å². The summed E-state index contributed by atoms with van der Waals surface area (Å²) < 4.78 is 0. The van der Waals surface area contributed by atoms with Crippen molar-refractivity contribution in [3.8, 4) is 0 Å². The number of nitrogens with zero attached hydrogens (tertiary/aromatic N) is 3. The highest BCUT2D eigenvalue weighted by atomic mass is 16.3. The lowest BCUT2D eigenvalue weighted by Crippen LogP contribution is -2.48. The number of aliphatic hydroxyl groups is 1. The van der Waals surface area contributed by atoms with Crippen LogP contribution >= 0.6 is 0 Å². The molecular weight excluding hydrogens is 294 g/mol. The van der Waals surface area contributed by atoms with Crippen LogP contribution in [0.4, 0.5) is 0 Å². The van der Waals surface area contributed by atoms with Gasteiger partial charge in [-0.3, -0.25) is 4.79 Å². The van der Waals surface area contributed by atoms with Crippen molar-refractivity contribution in [2.75, 3.05) is 19.7 Å². The number of amides is 1. The minimum Gasteiger partial charge on any atom is -0.391 e. The fourth-order valence-corrected chi connectivity index (χ4v) is 2.93. The Morgan fingerprint density at radius 3 is 3.22 bits per heavy atom. The molecule has 1 aliphatic heterocycles. The first kappa shape index (κ1) is 15.6. The van der Waals surface area contributed by atoms with Crippen LogP contribution in [0.2, 0.25) is 0 Å². The van der Waals surface area contributed by atoms with Gasteiger partial charge in [-0.1, -0.05) is 6.58 Å². The van der Waals surface area contributed by atoms with E-state index in [2.05, 4.69) is 26.8 Å². The highest BCUT2D eigenvalue weighted by Crippen LogP contribution is 2.15. The number of rotatable bonds is 5. The van der Waals surface area contributed by atoms with Crippen molar-refractivity contribution in [2.45, 2.75) is 25.4 Å². The van der Waals surface area contributed by atoms with Gasteiger partial charge in [0.1, 0.15) is 12.0 Å². The van der Waals surface area contributed by atoms with Crippen molar-refractivity contribution < 1.29 is 9.90 Å². The number of aliphatic hydroxyl groups excluding tert-OH is 1. The Hall–Kier alpha value is -2.25. The molecule has 0 aromatic carbocycles. The molecule has 1 aliphatic rings. The minimum atomic E-state index is -0.292. The highest BCUT2D eigenvalue weighted by Gasteiger charge is 2.24. The molecule has 7 nitrogen and oxygen atoms in total. The summed E-state index contributed by atoms with van der Waals surface area (Å²) >= 11 is 0. The van der Waals surface area contributed by atoms with Gasteiger partial charge in [0.05, 0.1) is 12.3 Å². The number of H-pyrrole nitrogens is 1. The van der Waals surface area contributed by atoms with E-state index in [1.807, 2.05) is 12.3 Å². The normalized spacial score (nSPS) is 18.3. The third-order valence-corrected chi connectivity index (χ3v) is 4.20. The van der Waals surface area contributed by atoms with Gasteiger partial charge < -0.3 is 20.3 Å². The summed E-state index contributed by atoms with van der Waals surface area (Å²) in [5, 5.41) is 13.5. The van der Waals surface area contributed by atoms with E-state index < -0.39 is 0 Å². The molecule has 23 heavy (non-hydrogen) atoms. The molecule has 122 valence electrons. The maximum atomic E-state index is 12.1. The lowest BCUT2D eigenvalue weighted by molar-refractivity contribution is -0.128. The van der Waals surface area contributed by atoms with Gasteiger partial charge in [0.25, 0.3) is 5.91 Å². The molecule has 0 spiro atoms. The number of piperidine rings is 1. The molecule has 3 rings (SSSR count). The van der Waals surface area contributed by atoms with Crippen LogP contribution in [0.25, 0.3) is 11.0 Å². The number of fused-ring (bicyclic) bond motifs is 1. The Labute approximate surface area is 134 Å². The second kappa shape index (κ2) is 6.89. The zero-order valence-corrected chi connectivity index (χ0v) is 13.0. The van der Waals surface area contributed by atoms with Gasteiger partial charge in [0.15, 0.2) is 0 Å². The monoisotopic (exact) mass is 315 g/mol. The van der Waals surface area contributed by atoms with E-state index in [1.54, 1.807) is 11.2 Å². The van der Waals surface area contributed by atoms with Crippen molar-refractivity contribution in [1.29, 1.82) is 0 Å². The molecule has 2 aromatic rings. The van der Waals surface area contributed by atoms with Gasteiger partial charge in [0, 0.05) is 42.8 Å². The molecule has 1 saturated heterocycles. The molecule has 0 bridgehead atoms. The first-order chi connectivity index (χ1) is 11.2. The van der Waals surface area contributed by atoms with Gasteiger partial charge in [-0.05, 0) is 18.9 Å². The number of carbonyl (C=O) groups is 1. The Morgan fingerprint density at radius 1 is 1.52 bits per heavy atom. The van der Waals surface area contributed by atoms with Crippen LogP contribution in [-0.4, -0.2) is 56.6 Å². The molecule has 2 aromatic heterocycles. The minimum absolute atomic E-state index is 0.158. The molecule has 0 aliphatic carbocycles. The molecule has 1 fully saturated rings. The van der Waals surface area contributed by atoms with Crippen LogP contribution in [0.5, 0.6) is 0 Å². The Morgan fingerprint density at radius 2 is 2.39 bits per heavy atom. The second-order valence-corrected chi connectivity index (χ2v) is 5.79. The van der Waals surface area contributed by atoms with Crippen LogP contribution in [0.1, 0.15) is 18.5 Å². The SMILES string of the molecule is C=C(CO)C(=O)N1CCC[C@@H](NCc2ncnc3[nH]ccc23)C1. The number of hydrogen-bond acceptors (Lipinski definition) is 5. The number of likely N-dealkylation sites (tertiary alicyclic amines) is 1. The third-order valence-electron chi connectivity index (χ3n) is 4.20. The topological polar surface area (TPSA) is 94.1 Å². The fourth-order valence-electron chi connectivity index (χ4n) is 2.93. The standard InChI is InChI=1S/C16H21N5O2/c1-11(9-22)16(23)21-6-2-3-12(8-21)18-7-14-13-4-5-17-15(13)20-10-19-14/h4-5,10,12,18,22H,1-3,6-9H2,(H,17,19,20)/t12-/m1/s1. The molecular formula is C16H21N5O2. The molecule has 1 atom stereocenters. The highest BCUT2D eigenvalue weighted by molar-refractivity contribution is 5.93. The summed E-state index contributed by atoms with van der Waals surface area (Å²) in [5.41, 5.74) is 2.02. The van der Waals surface area contributed by atoms with Crippen molar-refractivity contribution in [3.05, 3.63) is 36.4 Å². The van der Waals surface area contributed by atoms with Crippen molar-refractivity contribution >= 4 is 16.9 Å². The van der Waals surface area contributed by atoms with Crippen LogP contribution in [0.15, 0.2) is 30.7 Å². The number of aromatic nitrogens is 3. The summed E-state index contributed by atoms with van der Waals surface area (Å²) in [6, 6.07) is 2.18. The van der Waals surface area contributed by atoms with Gasteiger partial charge in [0.2, 0.25) is 0 Å². The maximum absolute atomic E-state index is 12.1. The van der Waals surface area contributed by atoms with E-state index in [9.17, 15) is 4.79 Å². The Balaban J connectivity index is 1.61. The smallest absolute Gasteiger partial charge is 0.251 e. The molecule has 1 amide bonds. The van der Waals surface area contributed by atoms with Crippen LogP contribution in [0.3, 0.4) is 0 Å². The number of aromatic amines is 1. The maximum Gasteiger partial charge on any atom is 0.251 e. The summed E-state index contributed by atoms with van der Waals surface area (Å²) in [4.78, 5) is 25.4. The van der Waals surface area contributed by atoms with Gasteiger partial charge in [-0.15, -0.1) is 0 Å². The predicted octanol–water partition coefficient (Wildman–Crippen LogP) is 0.587. The zero-order chi connectivity index (χ0) is 16.2. The van der Waals surface area contributed by atoms with Crippen LogP contribution < -0.4 is 5.32 Å². The Kier molecular flexibility index (Phi) is 4.68. The largest absolute Gasteiger partial charge is 0.391 e. The van der Waals surface area contributed by atoms with Crippen molar-refractivity contribution in [1.82, 2.24) is 25.2 Å². The average Bonchev–Trinajstić information content (AvgIpc) is 3.08. The van der Waals surface area contributed by atoms with E-state index in [4.69, 9.17) is 5.11 Å². The number of carbonyl (C=O) groups excluding carboxylic acids is 1. The van der Waals surface area contributed by atoms with E-state index in [0.717, 1.165) is 29.6 Å². The lowest BCUT2D eigenvalue weighted by atomic mass is 10.0. The molecule has 7 heteroatoms. The molecule has 0 unspecified atom stereocenters. The van der Waals surface area contributed by atoms with Crippen LogP contribution in [0, 0.1) is 0 Å². The molecule has 0 radical (unpaired) electrons. The van der Waals surface area contributed by atoms with Crippen LogP contribution in [-0.2, 0) is 11.3 Å². The summed E-state index contributed by atoms with van der Waals surface area (Å²) in [7, 11) is 0. The second-order valence-electron chi connectivity index (χ2n) is 5.79. The summed E-state index contributed by atoms with van der Waals surface area (Å²) in [6.07, 6.45) is 5.35. The molecule has 3 N–H and O–H groups in total. The lowest BCUT2D eigenvalue weighted by Gasteiger charge is -2.33. The van der Waals surface area contributed by atoms with Gasteiger partial charge in [-0.25, -0.2) is 9.97 Å². The quantitative estimate of drug-likeness (QED) is 0.702. The first-order valence-electron chi connectivity index (χ1n) is 7.77. The van der Waals surface area contributed by atoms with E-state index in [-0.39, 0.29) is 24.1 Å². The fraction of sp³-hybridized carbons (Fsp3) is 0.438. The summed E-state index contributed by atoms with van der Waals surface area (Å²) in [5.74, 6) is -0.158. The summed E-state index contributed by atoms with van der Waals surface area (Å²) in [6.45, 7) is 5.29. The predicted molar refractivity (Wildman–Crippen MR) is 86.6 cm³/mol. The average molecular weight is 315 g/mol. The van der Waals surface area contributed by atoms with E-state index >= 15 is 0 Å². The van der Waals surface area contributed by atoms with Crippen molar-refractivity contribution in [3.63, 3.8) is 0 Å². The van der Waals surface area contributed by atoms with Gasteiger partial charge >= 0.3 is 0 Å². The third kappa shape index (κ3) is 3.40. The zero-order valence-electron chi connectivity index (χ0n) is 13.0. The van der Waals surface area contributed by atoms with Gasteiger partial charge in [-0.2, -0.15) is 0 Å². The van der Waals surface area contributed by atoms with E-state index in [1.165, 1.54) is 0 Å². The Bertz CT molecular complexity index is 711. The molecule has 0 saturated carbocycles. The number of hydrogen-bond donors (Lipinski definition) is 3. The first-order valence-corrected chi connectivity index (χ1v) is 7.77.